The monoisotopic (exact) mass is 317 g/mol. The number of rotatable bonds is 1. The van der Waals surface area contributed by atoms with Crippen molar-refractivity contribution in [1.29, 1.82) is 0 Å². The molecule has 2 aromatic rings. The van der Waals surface area contributed by atoms with Crippen molar-refractivity contribution < 1.29 is 4.74 Å². The van der Waals surface area contributed by atoms with Crippen LogP contribution in [0.3, 0.4) is 0 Å². The highest BCUT2D eigenvalue weighted by molar-refractivity contribution is 9.10. The minimum absolute atomic E-state index is 0.718. The van der Waals surface area contributed by atoms with Gasteiger partial charge in [-0.15, -0.1) is 0 Å². The molecule has 0 atom stereocenters. The summed E-state index contributed by atoms with van der Waals surface area (Å²) < 4.78 is 6.83. The second-order valence-electron chi connectivity index (χ2n) is 4.79. The van der Waals surface area contributed by atoms with Crippen molar-refractivity contribution in [3.05, 3.63) is 52.0 Å². The van der Waals surface area contributed by atoms with Crippen LogP contribution in [-0.4, -0.2) is 13.2 Å². The minimum atomic E-state index is 0.718. The highest BCUT2D eigenvalue weighted by atomic mass is 79.9. The lowest BCUT2D eigenvalue weighted by atomic mass is 9.98. The Morgan fingerprint density at radius 2 is 2.05 bits per heavy atom. The molecule has 2 nitrogen and oxygen atoms in total. The molecule has 1 aliphatic heterocycles. The van der Waals surface area contributed by atoms with Gasteiger partial charge in [-0.1, -0.05) is 24.3 Å². The summed E-state index contributed by atoms with van der Waals surface area (Å²) in [6.45, 7) is 4.60. The Morgan fingerprint density at radius 3 is 2.89 bits per heavy atom. The van der Waals surface area contributed by atoms with Gasteiger partial charge in [0.2, 0.25) is 0 Å². The zero-order chi connectivity index (χ0) is 13.2. The molecule has 1 heterocycles. The third kappa shape index (κ3) is 2.53. The predicted molar refractivity (Wildman–Crippen MR) is 81.5 cm³/mol. The van der Waals surface area contributed by atoms with Gasteiger partial charge in [0.15, 0.2) is 0 Å². The maximum absolute atomic E-state index is 5.79. The summed E-state index contributed by atoms with van der Waals surface area (Å²) in [6.07, 6.45) is 0. The molecule has 3 heteroatoms. The van der Waals surface area contributed by atoms with E-state index in [0.29, 0.717) is 0 Å². The van der Waals surface area contributed by atoms with E-state index >= 15 is 0 Å². The van der Waals surface area contributed by atoms with E-state index < -0.39 is 0 Å². The average molecular weight is 318 g/mol. The van der Waals surface area contributed by atoms with Crippen LogP contribution in [-0.2, 0) is 6.54 Å². The third-order valence-electron chi connectivity index (χ3n) is 3.42. The Labute approximate surface area is 121 Å². The molecule has 98 valence electrons. The van der Waals surface area contributed by atoms with Crippen LogP contribution in [0.4, 0.5) is 0 Å². The lowest BCUT2D eigenvalue weighted by molar-refractivity contribution is 0.324. The van der Waals surface area contributed by atoms with Crippen LogP contribution in [0.15, 0.2) is 40.9 Å². The molecule has 0 saturated heterocycles. The van der Waals surface area contributed by atoms with Crippen LogP contribution in [0.25, 0.3) is 11.1 Å². The summed E-state index contributed by atoms with van der Waals surface area (Å²) in [5, 5.41) is 3.38. The number of hydrogen-bond acceptors (Lipinski definition) is 2. The SMILES string of the molecule is Cc1ccccc1-c1cc(Br)c2c(c1)CNCCO2. The van der Waals surface area contributed by atoms with E-state index in [1.165, 1.54) is 22.3 Å². The summed E-state index contributed by atoms with van der Waals surface area (Å²) in [5.74, 6) is 0.974. The standard InChI is InChI=1S/C16H16BrNO/c1-11-4-2-3-5-14(11)12-8-13-10-18-6-7-19-16(13)15(17)9-12/h2-5,8-9,18H,6-7,10H2,1H3. The zero-order valence-corrected chi connectivity index (χ0v) is 12.5. The molecule has 0 saturated carbocycles. The molecule has 1 aliphatic rings. The van der Waals surface area contributed by atoms with Gasteiger partial charge in [0.1, 0.15) is 12.4 Å². The average Bonchev–Trinajstić information content (AvgIpc) is 2.65. The molecule has 0 unspecified atom stereocenters. The first kappa shape index (κ1) is 12.7. The quantitative estimate of drug-likeness (QED) is 0.861. The van der Waals surface area contributed by atoms with Crippen LogP contribution in [0, 0.1) is 6.92 Å². The lowest BCUT2D eigenvalue weighted by Gasteiger charge is -2.13. The second kappa shape index (κ2) is 5.35. The number of aryl methyl sites for hydroxylation is 1. The molecular formula is C16H16BrNO. The van der Waals surface area contributed by atoms with Crippen molar-refractivity contribution in [2.75, 3.05) is 13.2 Å². The van der Waals surface area contributed by atoms with Crippen molar-refractivity contribution in [1.82, 2.24) is 5.32 Å². The zero-order valence-electron chi connectivity index (χ0n) is 10.9. The van der Waals surface area contributed by atoms with Crippen molar-refractivity contribution in [3.63, 3.8) is 0 Å². The minimum Gasteiger partial charge on any atom is -0.491 e. The molecule has 0 amide bonds. The van der Waals surface area contributed by atoms with Crippen molar-refractivity contribution in [2.24, 2.45) is 0 Å². The molecule has 19 heavy (non-hydrogen) atoms. The number of halogens is 1. The maximum atomic E-state index is 5.79. The van der Waals surface area contributed by atoms with Crippen molar-refractivity contribution in [3.8, 4) is 16.9 Å². The van der Waals surface area contributed by atoms with E-state index in [4.69, 9.17) is 4.74 Å². The third-order valence-corrected chi connectivity index (χ3v) is 4.01. The van der Waals surface area contributed by atoms with Gasteiger partial charge in [0.25, 0.3) is 0 Å². The van der Waals surface area contributed by atoms with E-state index in [0.717, 1.165) is 29.9 Å². The summed E-state index contributed by atoms with van der Waals surface area (Å²) in [5.41, 5.74) is 5.01. The van der Waals surface area contributed by atoms with Crippen LogP contribution >= 0.6 is 15.9 Å². The van der Waals surface area contributed by atoms with E-state index in [1.54, 1.807) is 0 Å². The smallest absolute Gasteiger partial charge is 0.138 e. The van der Waals surface area contributed by atoms with Crippen LogP contribution in [0.1, 0.15) is 11.1 Å². The van der Waals surface area contributed by atoms with Crippen LogP contribution < -0.4 is 10.1 Å². The molecule has 0 aromatic heterocycles. The topological polar surface area (TPSA) is 21.3 Å². The first-order chi connectivity index (χ1) is 9.25. The van der Waals surface area contributed by atoms with Gasteiger partial charge >= 0.3 is 0 Å². The van der Waals surface area contributed by atoms with E-state index in [-0.39, 0.29) is 0 Å². The molecular weight excluding hydrogens is 302 g/mol. The summed E-state index contributed by atoms with van der Waals surface area (Å²) in [7, 11) is 0. The fraction of sp³-hybridized carbons (Fsp3) is 0.250. The molecule has 0 radical (unpaired) electrons. The van der Waals surface area contributed by atoms with Crippen LogP contribution in [0.5, 0.6) is 5.75 Å². The lowest BCUT2D eigenvalue weighted by Crippen LogP contribution is -2.16. The first-order valence-electron chi connectivity index (χ1n) is 6.47. The maximum Gasteiger partial charge on any atom is 0.138 e. The number of ether oxygens (including phenoxy) is 1. The molecule has 3 rings (SSSR count). The highest BCUT2D eigenvalue weighted by Gasteiger charge is 2.14. The van der Waals surface area contributed by atoms with Gasteiger partial charge in [-0.3, -0.25) is 0 Å². The number of fused-ring (bicyclic) bond motifs is 1. The van der Waals surface area contributed by atoms with E-state index in [9.17, 15) is 0 Å². The number of nitrogens with one attached hydrogen (secondary N) is 1. The van der Waals surface area contributed by atoms with E-state index in [1.807, 2.05) is 0 Å². The Bertz CT molecular complexity index is 610. The van der Waals surface area contributed by atoms with Gasteiger partial charge in [-0.25, -0.2) is 0 Å². The Balaban J connectivity index is 2.12. The van der Waals surface area contributed by atoms with Gasteiger partial charge in [-0.05, 0) is 51.7 Å². The van der Waals surface area contributed by atoms with Crippen molar-refractivity contribution >= 4 is 15.9 Å². The van der Waals surface area contributed by atoms with Gasteiger partial charge in [0, 0.05) is 18.7 Å². The fourth-order valence-corrected chi connectivity index (χ4v) is 3.06. The largest absolute Gasteiger partial charge is 0.491 e. The Hall–Kier alpha value is -1.32. The van der Waals surface area contributed by atoms with Gasteiger partial charge in [0.05, 0.1) is 4.47 Å². The second-order valence-corrected chi connectivity index (χ2v) is 5.64. The van der Waals surface area contributed by atoms with Gasteiger partial charge in [-0.2, -0.15) is 0 Å². The normalized spacial score (nSPS) is 14.4. The first-order valence-corrected chi connectivity index (χ1v) is 7.27. The van der Waals surface area contributed by atoms with Gasteiger partial charge < -0.3 is 10.1 Å². The fourth-order valence-electron chi connectivity index (χ4n) is 2.44. The molecule has 2 aromatic carbocycles. The van der Waals surface area contributed by atoms with Crippen molar-refractivity contribution in [2.45, 2.75) is 13.5 Å². The Kier molecular flexibility index (Phi) is 3.58. The molecule has 0 bridgehead atoms. The Morgan fingerprint density at radius 1 is 1.21 bits per heavy atom. The highest BCUT2D eigenvalue weighted by Crippen LogP contribution is 2.36. The molecule has 0 fully saturated rings. The summed E-state index contributed by atoms with van der Waals surface area (Å²) in [6, 6.07) is 12.8. The summed E-state index contributed by atoms with van der Waals surface area (Å²) >= 11 is 3.64. The number of hydrogen-bond donors (Lipinski definition) is 1. The molecule has 0 aliphatic carbocycles. The molecule has 0 spiro atoms. The molecule has 1 N–H and O–H groups in total. The number of benzene rings is 2. The van der Waals surface area contributed by atoms with Crippen LogP contribution in [0.2, 0.25) is 0 Å². The van der Waals surface area contributed by atoms with E-state index in [2.05, 4.69) is 64.6 Å². The predicted octanol–water partition coefficient (Wildman–Crippen LogP) is 3.91. The summed E-state index contributed by atoms with van der Waals surface area (Å²) in [4.78, 5) is 0.